The van der Waals surface area contributed by atoms with Crippen molar-refractivity contribution in [2.75, 3.05) is 5.32 Å². The predicted octanol–water partition coefficient (Wildman–Crippen LogP) is 3.57. The molecule has 33 heavy (non-hydrogen) atoms. The predicted molar refractivity (Wildman–Crippen MR) is 132 cm³/mol. The zero-order chi connectivity index (χ0) is 24.7. The highest BCUT2D eigenvalue weighted by Gasteiger charge is 2.44. The fraction of sp³-hybridized carbons (Fsp3) is 0.500. The second-order valence-corrected chi connectivity index (χ2v) is 10.8. The number of carbonyl (C=O) groups is 1. The van der Waals surface area contributed by atoms with Gasteiger partial charge in [0.2, 0.25) is 5.91 Å². The van der Waals surface area contributed by atoms with E-state index in [4.69, 9.17) is 22.7 Å². The van der Waals surface area contributed by atoms with Gasteiger partial charge in [-0.3, -0.25) is 19.6 Å². The van der Waals surface area contributed by atoms with Crippen LogP contribution in [-0.4, -0.2) is 27.3 Å². The van der Waals surface area contributed by atoms with Crippen molar-refractivity contribution in [3.8, 4) is 0 Å². The number of amides is 1. The molecule has 0 radical (unpaired) electrons. The molecule has 1 aliphatic heterocycles. The van der Waals surface area contributed by atoms with Crippen molar-refractivity contribution in [1.82, 2.24) is 14.9 Å². The van der Waals surface area contributed by atoms with Gasteiger partial charge < -0.3 is 16.4 Å². The van der Waals surface area contributed by atoms with Crippen LogP contribution in [0.25, 0.3) is 0 Å². The molecule has 178 valence electrons. The number of nitrogens with zero attached hydrogens (tertiary/aromatic N) is 2. The standard InChI is InChI=1S/C24H33ClN6O2/c1-13(23(2,3)4)29-20-22(33)31-16(11-24(5,6)17(31)18(25)30-20)21(32)28-12-14-7-9-15(10-8-14)19(26)27/h7-10,13,16H,11-12H2,1-6H3,(H3,26,27)(H,28,32)(H,29,30)/t13?,16-/m0/s1. The second-order valence-electron chi connectivity index (χ2n) is 10.4. The average Bonchev–Trinajstić information content (AvgIpc) is 3.01. The molecule has 1 unspecified atom stereocenters. The summed E-state index contributed by atoms with van der Waals surface area (Å²) in [5, 5.41) is 13.8. The van der Waals surface area contributed by atoms with Crippen molar-refractivity contribution in [2.24, 2.45) is 11.1 Å². The van der Waals surface area contributed by atoms with Crippen molar-refractivity contribution < 1.29 is 4.79 Å². The third-order valence-corrected chi connectivity index (χ3v) is 6.67. The van der Waals surface area contributed by atoms with Gasteiger partial charge in [0, 0.05) is 23.6 Å². The summed E-state index contributed by atoms with van der Waals surface area (Å²) in [6.45, 7) is 12.4. The van der Waals surface area contributed by atoms with Crippen LogP contribution in [0.4, 0.5) is 5.82 Å². The van der Waals surface area contributed by atoms with Crippen LogP contribution in [0.3, 0.4) is 0 Å². The van der Waals surface area contributed by atoms with Gasteiger partial charge in [0.1, 0.15) is 11.9 Å². The first-order valence-corrected chi connectivity index (χ1v) is 11.4. The molecule has 2 atom stereocenters. The van der Waals surface area contributed by atoms with E-state index in [1.54, 1.807) is 12.1 Å². The Hall–Kier alpha value is -2.87. The molecular formula is C24H33ClN6O2. The Kier molecular flexibility index (Phi) is 6.62. The molecule has 2 aromatic rings. The van der Waals surface area contributed by atoms with E-state index in [2.05, 4.69) is 36.4 Å². The van der Waals surface area contributed by atoms with Gasteiger partial charge in [0.05, 0.1) is 5.69 Å². The molecule has 5 N–H and O–H groups in total. The molecule has 0 fully saturated rings. The van der Waals surface area contributed by atoms with Crippen LogP contribution < -0.4 is 21.9 Å². The van der Waals surface area contributed by atoms with Gasteiger partial charge in [0.15, 0.2) is 11.0 Å². The number of nitrogens with two attached hydrogens (primary N) is 1. The number of hydrogen-bond acceptors (Lipinski definition) is 5. The number of rotatable bonds is 6. The quantitative estimate of drug-likeness (QED) is 0.377. The molecule has 1 aromatic carbocycles. The van der Waals surface area contributed by atoms with Crippen molar-refractivity contribution in [2.45, 2.75) is 72.0 Å². The molecular weight excluding hydrogens is 440 g/mol. The third kappa shape index (κ3) is 5.05. The minimum atomic E-state index is -0.690. The molecule has 1 aliphatic rings. The van der Waals surface area contributed by atoms with Crippen LogP contribution in [0.5, 0.6) is 0 Å². The number of fused-ring (bicyclic) bond motifs is 1. The monoisotopic (exact) mass is 472 g/mol. The summed E-state index contributed by atoms with van der Waals surface area (Å²) >= 11 is 6.54. The van der Waals surface area contributed by atoms with Crippen LogP contribution in [0.1, 0.15) is 70.8 Å². The number of anilines is 1. The minimum absolute atomic E-state index is 0.00886. The van der Waals surface area contributed by atoms with Gasteiger partial charge >= 0.3 is 0 Å². The minimum Gasteiger partial charge on any atom is -0.384 e. The Morgan fingerprint density at radius 1 is 1.33 bits per heavy atom. The summed E-state index contributed by atoms with van der Waals surface area (Å²) in [6.07, 6.45) is 0.441. The van der Waals surface area contributed by atoms with Gasteiger partial charge in [-0.25, -0.2) is 4.98 Å². The Morgan fingerprint density at radius 2 is 1.94 bits per heavy atom. The number of nitrogen functional groups attached to an aromatic ring is 1. The average molecular weight is 473 g/mol. The zero-order valence-corrected chi connectivity index (χ0v) is 20.8. The van der Waals surface area contributed by atoms with E-state index in [9.17, 15) is 9.59 Å². The maximum Gasteiger partial charge on any atom is 0.294 e. The van der Waals surface area contributed by atoms with E-state index in [0.717, 1.165) is 5.56 Å². The van der Waals surface area contributed by atoms with Crippen molar-refractivity contribution in [3.63, 3.8) is 0 Å². The van der Waals surface area contributed by atoms with E-state index >= 15 is 0 Å². The summed E-state index contributed by atoms with van der Waals surface area (Å²) in [5.74, 6) is -0.108. The van der Waals surface area contributed by atoms with Gasteiger partial charge in [0.25, 0.3) is 5.56 Å². The maximum atomic E-state index is 13.4. The second kappa shape index (κ2) is 8.82. The molecule has 8 nitrogen and oxygen atoms in total. The number of benzene rings is 1. The number of carbonyl (C=O) groups excluding carboxylic acids is 1. The van der Waals surface area contributed by atoms with Crippen LogP contribution in [0.2, 0.25) is 5.15 Å². The summed E-state index contributed by atoms with van der Waals surface area (Å²) in [7, 11) is 0. The summed E-state index contributed by atoms with van der Waals surface area (Å²) in [6, 6.07) is 6.38. The molecule has 3 rings (SSSR count). The summed E-state index contributed by atoms with van der Waals surface area (Å²) < 4.78 is 1.50. The largest absolute Gasteiger partial charge is 0.384 e. The van der Waals surface area contributed by atoms with Crippen LogP contribution in [0.15, 0.2) is 29.1 Å². The van der Waals surface area contributed by atoms with Gasteiger partial charge in [-0.15, -0.1) is 0 Å². The Labute approximate surface area is 199 Å². The molecule has 0 spiro atoms. The van der Waals surface area contributed by atoms with E-state index in [-0.39, 0.29) is 39.7 Å². The van der Waals surface area contributed by atoms with E-state index in [1.165, 1.54) is 4.57 Å². The van der Waals surface area contributed by atoms with Crippen LogP contribution in [0, 0.1) is 10.8 Å². The highest BCUT2D eigenvalue weighted by molar-refractivity contribution is 6.30. The first kappa shape index (κ1) is 24.8. The highest BCUT2D eigenvalue weighted by atomic mass is 35.5. The topological polar surface area (TPSA) is 126 Å². The first-order valence-electron chi connectivity index (χ1n) is 11.0. The molecule has 2 heterocycles. The molecule has 0 aliphatic carbocycles. The fourth-order valence-corrected chi connectivity index (χ4v) is 4.35. The van der Waals surface area contributed by atoms with E-state index in [0.29, 0.717) is 24.2 Å². The molecule has 1 aromatic heterocycles. The van der Waals surface area contributed by atoms with Crippen LogP contribution in [-0.2, 0) is 16.8 Å². The van der Waals surface area contributed by atoms with Gasteiger partial charge in [-0.05, 0) is 24.3 Å². The number of amidine groups is 1. The molecule has 1 amide bonds. The van der Waals surface area contributed by atoms with Crippen molar-refractivity contribution in [3.05, 3.63) is 56.6 Å². The number of hydrogen-bond donors (Lipinski definition) is 4. The zero-order valence-electron chi connectivity index (χ0n) is 20.0. The van der Waals surface area contributed by atoms with Gasteiger partial charge in [-0.1, -0.05) is 70.5 Å². The smallest absolute Gasteiger partial charge is 0.294 e. The maximum absolute atomic E-state index is 13.4. The Balaban J connectivity index is 1.89. The van der Waals surface area contributed by atoms with Crippen molar-refractivity contribution >= 4 is 29.2 Å². The van der Waals surface area contributed by atoms with E-state index < -0.39 is 11.5 Å². The highest BCUT2D eigenvalue weighted by Crippen LogP contribution is 2.43. The van der Waals surface area contributed by atoms with Crippen LogP contribution >= 0.6 is 11.6 Å². The van der Waals surface area contributed by atoms with E-state index in [1.807, 2.05) is 32.9 Å². The third-order valence-electron chi connectivity index (χ3n) is 6.41. The molecule has 0 bridgehead atoms. The normalized spacial score (nSPS) is 17.8. The first-order chi connectivity index (χ1) is 15.2. The Bertz CT molecular complexity index is 1130. The lowest BCUT2D eigenvalue weighted by molar-refractivity contribution is -0.124. The van der Waals surface area contributed by atoms with Crippen molar-refractivity contribution in [1.29, 1.82) is 5.41 Å². The molecule has 0 saturated carbocycles. The molecule has 9 heteroatoms. The molecule has 0 saturated heterocycles. The summed E-state index contributed by atoms with van der Waals surface area (Å²) in [4.78, 5) is 31.0. The number of halogens is 1. The lowest BCUT2D eigenvalue weighted by Gasteiger charge is -2.29. The number of nitrogens with one attached hydrogen (secondary N) is 3. The SMILES string of the molecule is CC(Nc1nc(Cl)c2n(c1=O)[C@H](C(=O)NCc1ccc(C(=N)N)cc1)CC2(C)C)C(C)(C)C. The Morgan fingerprint density at radius 3 is 2.48 bits per heavy atom. The lowest BCUT2D eigenvalue weighted by Crippen LogP contribution is -2.39. The fourth-order valence-electron chi connectivity index (χ4n) is 3.92. The summed E-state index contributed by atoms with van der Waals surface area (Å²) in [5.41, 5.74) is 6.63. The lowest BCUT2D eigenvalue weighted by atomic mass is 9.86. The van der Waals surface area contributed by atoms with Gasteiger partial charge in [-0.2, -0.15) is 0 Å². The number of aromatic nitrogens is 2.